The monoisotopic (exact) mass is 454 g/mol. The second-order valence-electron chi connectivity index (χ2n) is 6.17. The summed E-state index contributed by atoms with van der Waals surface area (Å²) in [7, 11) is 0. The highest BCUT2D eigenvalue weighted by Crippen LogP contribution is 2.31. The molecule has 0 saturated carbocycles. The minimum Gasteiger partial charge on any atom is -0.338 e. The molecule has 0 bridgehead atoms. The first kappa shape index (κ1) is 15.0. The molecule has 1 aromatic heterocycles. The molecule has 3 aromatic rings. The summed E-state index contributed by atoms with van der Waals surface area (Å²) in [5, 5.41) is 0. The van der Waals surface area contributed by atoms with Crippen molar-refractivity contribution >= 4 is 49.6 Å². The van der Waals surface area contributed by atoms with Gasteiger partial charge in [-0.05, 0) is 67.7 Å². The van der Waals surface area contributed by atoms with E-state index in [0.717, 1.165) is 26.9 Å². The van der Waals surface area contributed by atoms with E-state index in [2.05, 4.69) is 101 Å². The topological polar surface area (TPSA) is 28.7 Å². The Balaban J connectivity index is 2.15. The molecule has 0 amide bonds. The number of aromatic nitrogens is 2. The lowest BCUT2D eigenvalue weighted by Gasteiger charge is -2.19. The summed E-state index contributed by atoms with van der Waals surface area (Å²) < 4.78 is 2.22. The molecule has 0 spiro atoms. The van der Waals surface area contributed by atoms with Crippen molar-refractivity contribution in [2.24, 2.45) is 0 Å². The molecule has 0 saturated heterocycles. The zero-order valence-electron chi connectivity index (χ0n) is 12.2. The third-order valence-electron chi connectivity index (χ3n) is 3.55. The van der Waals surface area contributed by atoms with Gasteiger partial charge in [-0.2, -0.15) is 0 Å². The molecule has 108 valence electrons. The lowest BCUT2D eigenvalue weighted by molar-refractivity contribution is 0.590. The van der Waals surface area contributed by atoms with Gasteiger partial charge in [-0.3, -0.25) is 0 Å². The molecular weight excluding hydrogens is 439 g/mol. The molecule has 0 atom stereocenters. The third-order valence-corrected chi connectivity index (χ3v) is 5.99. The van der Waals surface area contributed by atoms with Gasteiger partial charge in [-0.25, -0.2) is 4.98 Å². The second-order valence-corrected chi connectivity index (χ2v) is 8.13. The Hall–Kier alpha value is -0.880. The molecule has 4 heteroatoms. The van der Waals surface area contributed by atoms with E-state index < -0.39 is 0 Å². The Morgan fingerprint density at radius 3 is 2.62 bits per heavy atom. The van der Waals surface area contributed by atoms with Gasteiger partial charge in [0, 0.05) is 9.13 Å². The van der Waals surface area contributed by atoms with Crippen LogP contribution in [0.15, 0.2) is 40.9 Å². The van der Waals surface area contributed by atoms with Gasteiger partial charge in [0.25, 0.3) is 0 Å². The molecule has 0 unspecified atom stereocenters. The van der Waals surface area contributed by atoms with Crippen LogP contribution in [-0.2, 0) is 5.41 Å². The van der Waals surface area contributed by atoms with Crippen LogP contribution >= 0.6 is 38.5 Å². The zero-order valence-corrected chi connectivity index (χ0v) is 15.9. The molecule has 3 rings (SSSR count). The fourth-order valence-electron chi connectivity index (χ4n) is 2.29. The average molecular weight is 455 g/mol. The summed E-state index contributed by atoms with van der Waals surface area (Å²) in [6.07, 6.45) is 0. The van der Waals surface area contributed by atoms with Crippen LogP contribution in [0.25, 0.3) is 22.4 Å². The highest BCUT2D eigenvalue weighted by Gasteiger charge is 2.15. The van der Waals surface area contributed by atoms with Gasteiger partial charge in [-0.1, -0.05) is 39.0 Å². The quantitative estimate of drug-likeness (QED) is 0.456. The van der Waals surface area contributed by atoms with E-state index in [9.17, 15) is 0 Å². The Morgan fingerprint density at radius 1 is 1.14 bits per heavy atom. The maximum Gasteiger partial charge on any atom is 0.138 e. The number of H-pyrrole nitrogens is 1. The Bertz CT molecular complexity index is 815. The highest BCUT2D eigenvalue weighted by molar-refractivity contribution is 14.1. The van der Waals surface area contributed by atoms with Gasteiger partial charge in [0.15, 0.2) is 0 Å². The molecule has 0 radical (unpaired) electrons. The number of aromatic amines is 1. The number of rotatable bonds is 1. The van der Waals surface area contributed by atoms with Crippen LogP contribution in [0.3, 0.4) is 0 Å². The summed E-state index contributed by atoms with van der Waals surface area (Å²) in [5.74, 6) is 0.916. The number of nitrogens with zero attached hydrogens (tertiary/aromatic N) is 1. The lowest BCUT2D eigenvalue weighted by atomic mass is 9.86. The second kappa shape index (κ2) is 5.39. The number of hydrogen-bond acceptors (Lipinski definition) is 1. The van der Waals surface area contributed by atoms with Crippen molar-refractivity contribution < 1.29 is 0 Å². The number of nitrogens with one attached hydrogen (secondary N) is 1. The number of fused-ring (bicyclic) bond motifs is 1. The molecule has 21 heavy (non-hydrogen) atoms. The van der Waals surface area contributed by atoms with Crippen molar-refractivity contribution in [3.63, 3.8) is 0 Å². The van der Waals surface area contributed by atoms with Gasteiger partial charge in [0.2, 0.25) is 0 Å². The predicted molar refractivity (Wildman–Crippen MR) is 101 cm³/mol. The van der Waals surface area contributed by atoms with E-state index >= 15 is 0 Å². The van der Waals surface area contributed by atoms with E-state index in [1.807, 2.05) is 0 Å². The van der Waals surface area contributed by atoms with Crippen LogP contribution in [0.4, 0.5) is 0 Å². The van der Waals surface area contributed by atoms with Crippen molar-refractivity contribution in [2.75, 3.05) is 0 Å². The SMILES string of the molecule is CC(C)(C)c1cccc(-c2nc3c(Br)c(I)ccc3[nH]2)c1. The van der Waals surface area contributed by atoms with Crippen LogP contribution < -0.4 is 0 Å². The van der Waals surface area contributed by atoms with Crippen LogP contribution in [0, 0.1) is 3.57 Å². The standard InChI is InChI=1S/C17H16BrIN2/c1-17(2,3)11-6-4-5-10(9-11)16-20-13-8-7-12(19)14(18)15(13)21-16/h4-9H,1-3H3,(H,20,21). The fraction of sp³-hybridized carbons (Fsp3) is 0.235. The fourth-order valence-corrected chi connectivity index (χ4v) is 3.16. The largest absolute Gasteiger partial charge is 0.338 e. The molecule has 0 aliphatic carbocycles. The van der Waals surface area contributed by atoms with E-state index in [0.29, 0.717) is 0 Å². The Kier molecular flexibility index (Phi) is 3.86. The number of hydrogen-bond donors (Lipinski definition) is 1. The zero-order chi connectivity index (χ0) is 15.2. The first-order chi connectivity index (χ1) is 9.86. The molecule has 0 aliphatic heterocycles. The van der Waals surface area contributed by atoms with Gasteiger partial charge in [0.05, 0.1) is 9.99 Å². The normalized spacial score (nSPS) is 12.0. The van der Waals surface area contributed by atoms with Crippen molar-refractivity contribution in [3.8, 4) is 11.4 Å². The summed E-state index contributed by atoms with van der Waals surface area (Å²) in [4.78, 5) is 8.17. The molecule has 2 nitrogen and oxygen atoms in total. The maximum atomic E-state index is 4.76. The van der Waals surface area contributed by atoms with Crippen molar-refractivity contribution in [2.45, 2.75) is 26.2 Å². The van der Waals surface area contributed by atoms with Crippen molar-refractivity contribution in [1.82, 2.24) is 9.97 Å². The molecular formula is C17H16BrIN2. The van der Waals surface area contributed by atoms with Crippen LogP contribution in [0.2, 0.25) is 0 Å². The molecule has 0 fully saturated rings. The van der Waals surface area contributed by atoms with Gasteiger partial charge < -0.3 is 4.98 Å². The van der Waals surface area contributed by atoms with Gasteiger partial charge in [0.1, 0.15) is 11.3 Å². The molecule has 2 aromatic carbocycles. The minimum atomic E-state index is 0.137. The lowest BCUT2D eigenvalue weighted by Crippen LogP contribution is -2.10. The predicted octanol–water partition coefficient (Wildman–Crippen LogP) is 5.89. The first-order valence-corrected chi connectivity index (χ1v) is 8.68. The number of imidazole rings is 1. The maximum absolute atomic E-state index is 4.76. The highest BCUT2D eigenvalue weighted by atomic mass is 127. The first-order valence-electron chi connectivity index (χ1n) is 6.81. The summed E-state index contributed by atoms with van der Waals surface area (Å²) in [5.41, 5.74) is 4.61. The van der Waals surface area contributed by atoms with E-state index in [4.69, 9.17) is 4.98 Å². The third kappa shape index (κ3) is 2.88. The van der Waals surface area contributed by atoms with E-state index in [1.54, 1.807) is 0 Å². The summed E-state index contributed by atoms with van der Waals surface area (Å²) in [6, 6.07) is 12.8. The van der Waals surface area contributed by atoms with Crippen LogP contribution in [0.1, 0.15) is 26.3 Å². The Morgan fingerprint density at radius 2 is 1.90 bits per heavy atom. The molecule has 1 heterocycles. The van der Waals surface area contributed by atoms with Gasteiger partial charge in [-0.15, -0.1) is 0 Å². The van der Waals surface area contributed by atoms with Crippen LogP contribution in [0.5, 0.6) is 0 Å². The summed E-state index contributed by atoms with van der Waals surface area (Å²) in [6.45, 7) is 6.68. The van der Waals surface area contributed by atoms with E-state index in [-0.39, 0.29) is 5.41 Å². The molecule has 1 N–H and O–H groups in total. The number of benzene rings is 2. The van der Waals surface area contributed by atoms with Crippen molar-refractivity contribution in [3.05, 3.63) is 50.0 Å². The van der Waals surface area contributed by atoms with Crippen LogP contribution in [-0.4, -0.2) is 9.97 Å². The average Bonchev–Trinajstić information content (AvgIpc) is 2.87. The van der Waals surface area contributed by atoms with Gasteiger partial charge >= 0.3 is 0 Å². The van der Waals surface area contributed by atoms with E-state index in [1.165, 1.54) is 9.13 Å². The Labute approximate surface area is 146 Å². The minimum absolute atomic E-state index is 0.137. The number of halogens is 2. The smallest absolute Gasteiger partial charge is 0.138 e. The van der Waals surface area contributed by atoms with Crippen molar-refractivity contribution in [1.29, 1.82) is 0 Å². The molecule has 0 aliphatic rings. The summed E-state index contributed by atoms with van der Waals surface area (Å²) >= 11 is 5.93.